The van der Waals surface area contributed by atoms with Gasteiger partial charge in [0.05, 0.1) is 0 Å². The maximum atomic E-state index is 3.61. The fourth-order valence-electron chi connectivity index (χ4n) is 2.85. The number of nitrogens with one attached hydrogen (secondary N) is 1. The van der Waals surface area contributed by atoms with Gasteiger partial charge in [-0.3, -0.25) is 0 Å². The second kappa shape index (κ2) is 5.89. The first-order chi connectivity index (χ1) is 9.28. The SMILES string of the molecule is CC(C)(C)NCCC(C)(C)c1cccc(C2CCC2)c1. The van der Waals surface area contributed by atoms with Gasteiger partial charge in [-0.15, -0.1) is 0 Å². The molecule has 1 aromatic carbocycles. The van der Waals surface area contributed by atoms with E-state index in [0.717, 1.165) is 12.5 Å². The Morgan fingerprint density at radius 3 is 2.35 bits per heavy atom. The first kappa shape index (κ1) is 15.6. The molecule has 0 bridgehead atoms. The van der Waals surface area contributed by atoms with Gasteiger partial charge in [0.25, 0.3) is 0 Å². The van der Waals surface area contributed by atoms with Crippen LogP contribution in [0.25, 0.3) is 0 Å². The van der Waals surface area contributed by atoms with E-state index in [1.807, 2.05) is 0 Å². The minimum absolute atomic E-state index is 0.212. The summed E-state index contributed by atoms with van der Waals surface area (Å²) in [6.07, 6.45) is 5.36. The molecule has 0 heterocycles. The summed E-state index contributed by atoms with van der Waals surface area (Å²) in [4.78, 5) is 0. The van der Waals surface area contributed by atoms with Crippen molar-refractivity contribution in [3.8, 4) is 0 Å². The van der Waals surface area contributed by atoms with E-state index in [1.165, 1.54) is 31.2 Å². The van der Waals surface area contributed by atoms with Crippen molar-refractivity contribution in [1.82, 2.24) is 5.32 Å². The van der Waals surface area contributed by atoms with Crippen LogP contribution in [-0.4, -0.2) is 12.1 Å². The van der Waals surface area contributed by atoms with Crippen molar-refractivity contribution in [2.24, 2.45) is 0 Å². The van der Waals surface area contributed by atoms with Gasteiger partial charge < -0.3 is 5.32 Å². The molecular formula is C19H31N. The third-order valence-corrected chi connectivity index (χ3v) is 4.65. The lowest BCUT2D eigenvalue weighted by Gasteiger charge is -2.31. The van der Waals surface area contributed by atoms with Crippen LogP contribution in [0.5, 0.6) is 0 Å². The maximum Gasteiger partial charge on any atom is 0.00965 e. The molecule has 112 valence electrons. The molecule has 1 nitrogen and oxygen atoms in total. The average molecular weight is 273 g/mol. The highest BCUT2D eigenvalue weighted by atomic mass is 14.9. The first-order valence-corrected chi connectivity index (χ1v) is 8.13. The Balaban J connectivity index is 2.00. The van der Waals surface area contributed by atoms with E-state index in [-0.39, 0.29) is 11.0 Å². The molecule has 0 aliphatic heterocycles. The molecule has 1 aliphatic carbocycles. The highest BCUT2D eigenvalue weighted by Gasteiger charge is 2.24. The minimum atomic E-state index is 0.212. The molecule has 1 heteroatoms. The van der Waals surface area contributed by atoms with Crippen LogP contribution in [0.15, 0.2) is 24.3 Å². The van der Waals surface area contributed by atoms with Crippen LogP contribution in [0.4, 0.5) is 0 Å². The van der Waals surface area contributed by atoms with Crippen molar-refractivity contribution in [3.63, 3.8) is 0 Å². The lowest BCUT2D eigenvalue weighted by atomic mass is 9.76. The normalized spacial score (nSPS) is 17.1. The highest BCUT2D eigenvalue weighted by Crippen LogP contribution is 2.38. The van der Waals surface area contributed by atoms with E-state index in [2.05, 4.69) is 64.2 Å². The molecule has 1 aromatic rings. The van der Waals surface area contributed by atoms with E-state index in [1.54, 1.807) is 5.56 Å². The Bertz CT molecular complexity index is 435. The second-order valence-electron chi connectivity index (χ2n) is 8.06. The molecule has 20 heavy (non-hydrogen) atoms. The molecule has 0 saturated heterocycles. The van der Waals surface area contributed by atoms with Crippen LogP contribution in [0.1, 0.15) is 77.3 Å². The molecule has 0 amide bonds. The monoisotopic (exact) mass is 273 g/mol. The zero-order chi connectivity index (χ0) is 14.8. The molecular weight excluding hydrogens is 242 g/mol. The lowest BCUT2D eigenvalue weighted by Crippen LogP contribution is -2.38. The van der Waals surface area contributed by atoms with Gasteiger partial charge >= 0.3 is 0 Å². The second-order valence-corrected chi connectivity index (χ2v) is 8.06. The van der Waals surface area contributed by atoms with Crippen molar-refractivity contribution < 1.29 is 0 Å². The molecule has 1 aliphatic rings. The van der Waals surface area contributed by atoms with Crippen LogP contribution >= 0.6 is 0 Å². The number of benzene rings is 1. The minimum Gasteiger partial charge on any atom is -0.312 e. The third-order valence-electron chi connectivity index (χ3n) is 4.65. The van der Waals surface area contributed by atoms with E-state index in [4.69, 9.17) is 0 Å². The Morgan fingerprint density at radius 2 is 1.80 bits per heavy atom. The van der Waals surface area contributed by atoms with E-state index in [9.17, 15) is 0 Å². The van der Waals surface area contributed by atoms with E-state index >= 15 is 0 Å². The van der Waals surface area contributed by atoms with Gasteiger partial charge in [0.1, 0.15) is 0 Å². The van der Waals surface area contributed by atoms with E-state index < -0.39 is 0 Å². The summed E-state index contributed by atoms with van der Waals surface area (Å²) in [5.74, 6) is 0.832. The summed E-state index contributed by atoms with van der Waals surface area (Å²) >= 11 is 0. The summed E-state index contributed by atoms with van der Waals surface area (Å²) in [7, 11) is 0. The number of hydrogen-bond donors (Lipinski definition) is 1. The standard InChI is InChI=1S/C19H31N/c1-18(2,3)20-13-12-19(4,5)17-11-7-10-16(14-17)15-8-6-9-15/h7,10-11,14-15,20H,6,8-9,12-13H2,1-5H3. The first-order valence-electron chi connectivity index (χ1n) is 8.13. The lowest BCUT2D eigenvalue weighted by molar-refractivity contribution is 0.378. The fourth-order valence-corrected chi connectivity index (χ4v) is 2.85. The van der Waals surface area contributed by atoms with Gasteiger partial charge in [0.2, 0.25) is 0 Å². The Kier molecular flexibility index (Phi) is 4.59. The molecule has 1 saturated carbocycles. The largest absolute Gasteiger partial charge is 0.312 e. The predicted molar refractivity (Wildman–Crippen MR) is 88.4 cm³/mol. The quantitative estimate of drug-likeness (QED) is 0.795. The van der Waals surface area contributed by atoms with Crippen molar-refractivity contribution >= 4 is 0 Å². The summed E-state index contributed by atoms with van der Waals surface area (Å²) in [6.45, 7) is 12.5. The Morgan fingerprint density at radius 1 is 1.10 bits per heavy atom. The number of hydrogen-bond acceptors (Lipinski definition) is 1. The topological polar surface area (TPSA) is 12.0 Å². The van der Waals surface area contributed by atoms with Crippen LogP contribution in [-0.2, 0) is 5.41 Å². The molecule has 0 spiro atoms. The van der Waals surface area contributed by atoms with Crippen molar-refractivity contribution in [2.45, 2.75) is 77.2 Å². The van der Waals surface area contributed by atoms with Gasteiger partial charge in [0, 0.05) is 5.54 Å². The highest BCUT2D eigenvalue weighted by molar-refractivity contribution is 5.32. The smallest absolute Gasteiger partial charge is 0.00965 e. The summed E-state index contributed by atoms with van der Waals surface area (Å²) in [5, 5.41) is 3.61. The van der Waals surface area contributed by atoms with Crippen molar-refractivity contribution in [2.75, 3.05) is 6.54 Å². The molecule has 0 unspecified atom stereocenters. The molecule has 1 fully saturated rings. The van der Waals surface area contributed by atoms with Gasteiger partial charge in [-0.05, 0) is 69.0 Å². The molecule has 1 N–H and O–H groups in total. The van der Waals surface area contributed by atoms with Crippen molar-refractivity contribution in [1.29, 1.82) is 0 Å². The molecule has 0 atom stereocenters. The zero-order valence-electron chi connectivity index (χ0n) is 13.9. The average Bonchev–Trinajstić information content (AvgIpc) is 2.25. The summed E-state index contributed by atoms with van der Waals surface area (Å²) < 4.78 is 0. The number of rotatable bonds is 5. The zero-order valence-corrected chi connectivity index (χ0v) is 13.9. The van der Waals surface area contributed by atoms with Gasteiger partial charge in [-0.1, -0.05) is 44.5 Å². The van der Waals surface area contributed by atoms with Crippen LogP contribution < -0.4 is 5.32 Å². The van der Waals surface area contributed by atoms with Crippen LogP contribution in [0, 0.1) is 0 Å². The predicted octanol–water partition coefficient (Wildman–Crippen LogP) is 5.01. The van der Waals surface area contributed by atoms with Crippen molar-refractivity contribution in [3.05, 3.63) is 35.4 Å². The van der Waals surface area contributed by atoms with E-state index in [0.29, 0.717) is 0 Å². The molecule has 0 radical (unpaired) electrons. The fraction of sp³-hybridized carbons (Fsp3) is 0.684. The van der Waals surface area contributed by atoms with Gasteiger partial charge in [-0.2, -0.15) is 0 Å². The summed E-state index contributed by atoms with van der Waals surface area (Å²) in [5.41, 5.74) is 3.52. The molecule has 2 rings (SSSR count). The third kappa shape index (κ3) is 4.09. The van der Waals surface area contributed by atoms with Crippen LogP contribution in [0.3, 0.4) is 0 Å². The maximum absolute atomic E-state index is 3.61. The van der Waals surface area contributed by atoms with Gasteiger partial charge in [0.15, 0.2) is 0 Å². The summed E-state index contributed by atoms with van der Waals surface area (Å²) in [6, 6.07) is 9.33. The van der Waals surface area contributed by atoms with Gasteiger partial charge in [-0.25, -0.2) is 0 Å². The Labute approximate surface area is 125 Å². The van der Waals surface area contributed by atoms with Crippen LogP contribution in [0.2, 0.25) is 0 Å². The molecule has 0 aromatic heterocycles. The Hall–Kier alpha value is -0.820.